The van der Waals surface area contributed by atoms with Crippen LogP contribution in [0.2, 0.25) is 0 Å². The van der Waals surface area contributed by atoms with Gasteiger partial charge in [0.05, 0.1) is 16.8 Å². The molecule has 0 fully saturated rings. The third-order valence-electron chi connectivity index (χ3n) is 3.87. The minimum absolute atomic E-state index is 0.0133. The predicted octanol–water partition coefficient (Wildman–Crippen LogP) is 1.10. The van der Waals surface area contributed by atoms with Gasteiger partial charge in [0.25, 0.3) is 11.8 Å². The second-order valence-electron chi connectivity index (χ2n) is 5.89. The summed E-state index contributed by atoms with van der Waals surface area (Å²) in [6, 6.07) is 7.40. The Balaban J connectivity index is 1.52. The number of hydrogen-bond donors (Lipinski definition) is 3. The molecule has 9 nitrogen and oxygen atoms in total. The van der Waals surface area contributed by atoms with Gasteiger partial charge in [0, 0.05) is 13.1 Å². The molecule has 3 rings (SSSR count). The molecule has 0 saturated carbocycles. The summed E-state index contributed by atoms with van der Waals surface area (Å²) in [5.74, 6) is -0.0790. The van der Waals surface area contributed by atoms with Gasteiger partial charge in [0.15, 0.2) is 11.9 Å². The molecule has 1 aromatic heterocycles. The van der Waals surface area contributed by atoms with Gasteiger partial charge in [0.1, 0.15) is 5.75 Å². The fourth-order valence-corrected chi connectivity index (χ4v) is 3.53. The average molecular weight is 393 g/mol. The van der Waals surface area contributed by atoms with Crippen LogP contribution in [0.4, 0.5) is 5.69 Å². The topological polar surface area (TPSA) is 127 Å². The van der Waals surface area contributed by atoms with Gasteiger partial charge in [-0.15, -0.1) is 0 Å². The monoisotopic (exact) mass is 393 g/mol. The number of fused-ring (bicyclic) bond motifs is 1. The Kier molecular flexibility index (Phi) is 5.47. The fourth-order valence-electron chi connectivity index (χ4n) is 2.43. The third-order valence-corrected chi connectivity index (χ3v) is 5.33. The first-order chi connectivity index (χ1) is 12.9. The lowest BCUT2D eigenvalue weighted by molar-refractivity contribution is -0.122. The van der Waals surface area contributed by atoms with Crippen molar-refractivity contribution in [3.63, 3.8) is 0 Å². The van der Waals surface area contributed by atoms with Gasteiger partial charge < -0.3 is 19.8 Å². The van der Waals surface area contributed by atoms with Crippen LogP contribution in [-0.2, 0) is 14.8 Å². The van der Waals surface area contributed by atoms with Crippen LogP contribution in [0.25, 0.3) is 0 Å². The highest BCUT2D eigenvalue weighted by Crippen LogP contribution is 2.31. The Morgan fingerprint density at radius 1 is 1.26 bits per heavy atom. The summed E-state index contributed by atoms with van der Waals surface area (Å²) in [4.78, 5) is 23.4. The van der Waals surface area contributed by atoms with Crippen LogP contribution in [0, 0.1) is 0 Å². The molecule has 27 heavy (non-hydrogen) atoms. The highest BCUT2D eigenvalue weighted by molar-refractivity contribution is 7.89. The molecule has 1 aromatic carbocycles. The zero-order chi connectivity index (χ0) is 19.4. The van der Waals surface area contributed by atoms with Gasteiger partial charge in [-0.1, -0.05) is 0 Å². The van der Waals surface area contributed by atoms with Crippen molar-refractivity contribution in [2.45, 2.75) is 24.3 Å². The third kappa shape index (κ3) is 4.47. The molecule has 2 amide bonds. The van der Waals surface area contributed by atoms with Crippen LogP contribution in [0.1, 0.15) is 23.9 Å². The van der Waals surface area contributed by atoms with Crippen LogP contribution in [0.15, 0.2) is 45.9 Å². The Labute approximate surface area is 156 Å². The van der Waals surface area contributed by atoms with Gasteiger partial charge in [0.2, 0.25) is 10.0 Å². The zero-order valence-electron chi connectivity index (χ0n) is 14.5. The number of benzene rings is 1. The SMILES string of the molecule is CC1Oc2ccc(S(=O)(=O)NCCCNC(=O)c3ccco3)cc2NC1=O. The Bertz CT molecular complexity index is 940. The first kappa shape index (κ1) is 18.9. The van der Waals surface area contributed by atoms with Crippen molar-refractivity contribution in [2.75, 3.05) is 18.4 Å². The largest absolute Gasteiger partial charge is 0.479 e. The molecule has 0 spiro atoms. The van der Waals surface area contributed by atoms with Crippen molar-refractivity contribution in [1.29, 1.82) is 0 Å². The predicted molar refractivity (Wildman–Crippen MR) is 96.0 cm³/mol. The summed E-state index contributed by atoms with van der Waals surface area (Å²) in [6.45, 7) is 2.03. The van der Waals surface area contributed by atoms with Crippen LogP contribution < -0.4 is 20.1 Å². The molecule has 1 aliphatic rings. The first-order valence-corrected chi connectivity index (χ1v) is 9.78. The van der Waals surface area contributed by atoms with Crippen molar-refractivity contribution in [3.8, 4) is 5.75 Å². The Hall–Kier alpha value is -2.85. The van der Waals surface area contributed by atoms with E-state index >= 15 is 0 Å². The summed E-state index contributed by atoms with van der Waals surface area (Å²) in [5, 5.41) is 5.24. The summed E-state index contributed by atoms with van der Waals surface area (Å²) in [6.07, 6.45) is 1.17. The minimum atomic E-state index is -3.76. The van der Waals surface area contributed by atoms with Crippen molar-refractivity contribution < 1.29 is 27.2 Å². The highest BCUT2D eigenvalue weighted by Gasteiger charge is 2.25. The van der Waals surface area contributed by atoms with Gasteiger partial charge in [-0.3, -0.25) is 9.59 Å². The van der Waals surface area contributed by atoms with Gasteiger partial charge in [-0.25, -0.2) is 13.1 Å². The molecule has 0 radical (unpaired) electrons. The average Bonchev–Trinajstić information content (AvgIpc) is 3.16. The number of rotatable bonds is 7. The standard InChI is InChI=1S/C17H19N3O6S/c1-11-16(21)20-13-10-12(5-6-14(13)26-11)27(23,24)19-8-3-7-18-17(22)15-4-2-9-25-15/h2,4-6,9-11,19H,3,7-8H2,1H3,(H,18,22)(H,20,21). The number of hydrogen-bond acceptors (Lipinski definition) is 6. The molecule has 0 aliphatic carbocycles. The molecule has 10 heteroatoms. The number of sulfonamides is 1. The van der Waals surface area contributed by atoms with Crippen molar-refractivity contribution in [3.05, 3.63) is 42.4 Å². The zero-order valence-corrected chi connectivity index (χ0v) is 15.3. The van der Waals surface area contributed by atoms with Gasteiger partial charge in [-0.2, -0.15) is 0 Å². The molecular formula is C17H19N3O6S. The molecule has 2 aromatic rings. The Morgan fingerprint density at radius 3 is 2.81 bits per heavy atom. The maximum absolute atomic E-state index is 12.4. The second-order valence-corrected chi connectivity index (χ2v) is 7.66. The molecule has 3 N–H and O–H groups in total. The molecule has 1 aliphatic heterocycles. The molecule has 1 atom stereocenters. The van der Waals surface area contributed by atoms with Crippen LogP contribution >= 0.6 is 0 Å². The number of ether oxygens (including phenoxy) is 1. The minimum Gasteiger partial charge on any atom is -0.479 e. The van der Waals surface area contributed by atoms with E-state index in [9.17, 15) is 18.0 Å². The lowest BCUT2D eigenvalue weighted by Gasteiger charge is -2.23. The normalized spacial score (nSPS) is 16.2. The lowest BCUT2D eigenvalue weighted by Crippen LogP contribution is -2.34. The molecule has 0 saturated heterocycles. The molecular weight excluding hydrogens is 374 g/mol. The van der Waals surface area contributed by atoms with E-state index in [4.69, 9.17) is 9.15 Å². The number of anilines is 1. The summed E-state index contributed by atoms with van der Waals surface area (Å²) in [5.41, 5.74) is 0.312. The lowest BCUT2D eigenvalue weighted by atomic mass is 10.2. The van der Waals surface area contributed by atoms with E-state index in [0.29, 0.717) is 17.9 Å². The van der Waals surface area contributed by atoms with E-state index in [1.54, 1.807) is 13.0 Å². The quantitative estimate of drug-likeness (QED) is 0.605. The van der Waals surface area contributed by atoms with Crippen LogP contribution in [0.3, 0.4) is 0 Å². The maximum Gasteiger partial charge on any atom is 0.286 e. The van der Waals surface area contributed by atoms with E-state index < -0.39 is 16.1 Å². The Morgan fingerprint density at radius 2 is 2.07 bits per heavy atom. The number of amides is 2. The van der Waals surface area contributed by atoms with Crippen LogP contribution in [-0.4, -0.2) is 39.4 Å². The van der Waals surface area contributed by atoms with Crippen molar-refractivity contribution in [1.82, 2.24) is 10.0 Å². The number of furan rings is 1. The maximum atomic E-state index is 12.4. The first-order valence-electron chi connectivity index (χ1n) is 8.30. The molecule has 144 valence electrons. The summed E-state index contributed by atoms with van der Waals surface area (Å²) < 4.78 is 37.6. The van der Waals surface area contributed by atoms with Gasteiger partial charge in [-0.05, 0) is 43.7 Å². The molecule has 1 unspecified atom stereocenters. The molecule has 2 heterocycles. The summed E-state index contributed by atoms with van der Waals surface area (Å²) >= 11 is 0. The van der Waals surface area contributed by atoms with Crippen molar-refractivity contribution >= 4 is 27.5 Å². The van der Waals surface area contributed by atoms with Crippen molar-refractivity contribution in [2.24, 2.45) is 0 Å². The van der Waals surface area contributed by atoms with E-state index in [-0.39, 0.29) is 35.6 Å². The van der Waals surface area contributed by atoms with E-state index in [1.807, 2.05) is 0 Å². The van der Waals surface area contributed by atoms with Crippen LogP contribution in [0.5, 0.6) is 5.75 Å². The number of carbonyl (C=O) groups is 2. The second kappa shape index (κ2) is 7.80. The van der Waals surface area contributed by atoms with Gasteiger partial charge >= 0.3 is 0 Å². The summed E-state index contributed by atoms with van der Waals surface area (Å²) in [7, 11) is -3.76. The van der Waals surface area contributed by atoms with E-state index in [1.165, 1.54) is 30.5 Å². The number of carbonyl (C=O) groups excluding carboxylic acids is 2. The molecule has 0 bridgehead atoms. The smallest absolute Gasteiger partial charge is 0.286 e. The highest BCUT2D eigenvalue weighted by atomic mass is 32.2. The fraction of sp³-hybridized carbons (Fsp3) is 0.294. The van der Waals surface area contributed by atoms with E-state index in [0.717, 1.165) is 0 Å². The van der Waals surface area contributed by atoms with E-state index in [2.05, 4.69) is 15.4 Å². The number of nitrogens with one attached hydrogen (secondary N) is 3.